The zero-order chi connectivity index (χ0) is 11.5. The maximum atomic E-state index is 12.0. The normalized spacial score (nSPS) is 10.3. The minimum absolute atomic E-state index is 0.130. The van der Waals surface area contributed by atoms with Crippen LogP contribution in [0.15, 0.2) is 36.7 Å². The molecule has 4 heteroatoms. The number of benzene rings is 1. The lowest BCUT2D eigenvalue weighted by Gasteiger charge is -2.04. The van der Waals surface area contributed by atoms with Gasteiger partial charge in [-0.15, -0.1) is 0 Å². The number of imidazole rings is 1. The lowest BCUT2D eigenvalue weighted by atomic mass is 10.2. The van der Waals surface area contributed by atoms with Gasteiger partial charge in [0.2, 0.25) is 0 Å². The molecule has 0 aliphatic carbocycles. The summed E-state index contributed by atoms with van der Waals surface area (Å²) in [5, 5.41) is 9.14. The van der Waals surface area contributed by atoms with E-state index in [0.717, 1.165) is 5.82 Å². The first-order valence-corrected chi connectivity index (χ1v) is 5.08. The molecule has 0 bridgehead atoms. The molecule has 4 nitrogen and oxygen atoms in total. The van der Waals surface area contributed by atoms with Crippen molar-refractivity contribution in [3.05, 3.63) is 48.0 Å². The molecular formula is C12H12N2O2. The second-order valence-electron chi connectivity index (χ2n) is 3.42. The Hall–Kier alpha value is -2.10. The molecule has 0 aliphatic rings. The monoisotopic (exact) mass is 216 g/mol. The van der Waals surface area contributed by atoms with Gasteiger partial charge in [0.25, 0.3) is 5.91 Å². The molecule has 1 heterocycles. The highest BCUT2D eigenvalue weighted by atomic mass is 16.3. The Balaban J connectivity index is 2.35. The van der Waals surface area contributed by atoms with E-state index in [1.807, 2.05) is 6.92 Å². The molecule has 1 aromatic carbocycles. The van der Waals surface area contributed by atoms with Crippen LogP contribution in [-0.2, 0) is 6.42 Å². The van der Waals surface area contributed by atoms with Crippen LogP contribution in [0.4, 0.5) is 0 Å². The number of aryl methyl sites for hydroxylation is 1. The van der Waals surface area contributed by atoms with E-state index in [1.54, 1.807) is 24.5 Å². The average Bonchev–Trinajstić information content (AvgIpc) is 2.77. The highest BCUT2D eigenvalue weighted by Crippen LogP contribution is 2.12. The van der Waals surface area contributed by atoms with Crippen LogP contribution in [0, 0.1) is 0 Å². The van der Waals surface area contributed by atoms with Crippen LogP contribution in [0.25, 0.3) is 0 Å². The van der Waals surface area contributed by atoms with Gasteiger partial charge >= 0.3 is 0 Å². The number of carbonyl (C=O) groups excluding carboxylic acids is 1. The van der Waals surface area contributed by atoms with Crippen LogP contribution in [0.3, 0.4) is 0 Å². The van der Waals surface area contributed by atoms with E-state index in [-0.39, 0.29) is 11.7 Å². The van der Waals surface area contributed by atoms with Gasteiger partial charge in [0.1, 0.15) is 11.6 Å². The third-order valence-corrected chi connectivity index (χ3v) is 2.37. The second kappa shape index (κ2) is 4.18. The Morgan fingerprint density at radius 2 is 2.06 bits per heavy atom. The standard InChI is InChI=1S/C12H12N2O2/c1-2-11-13-7-8-14(11)12(16)9-3-5-10(15)6-4-9/h3-8,15H,2H2,1H3. The summed E-state index contributed by atoms with van der Waals surface area (Å²) < 4.78 is 1.52. The summed E-state index contributed by atoms with van der Waals surface area (Å²) in [7, 11) is 0. The number of hydrogen-bond donors (Lipinski definition) is 1. The highest BCUT2D eigenvalue weighted by Gasteiger charge is 2.11. The van der Waals surface area contributed by atoms with Crippen LogP contribution < -0.4 is 0 Å². The van der Waals surface area contributed by atoms with Gasteiger partial charge in [-0.2, -0.15) is 0 Å². The summed E-state index contributed by atoms with van der Waals surface area (Å²) in [5.74, 6) is 0.755. The third kappa shape index (κ3) is 1.82. The van der Waals surface area contributed by atoms with Crippen LogP contribution in [0.1, 0.15) is 23.1 Å². The SMILES string of the molecule is CCc1nccn1C(=O)c1ccc(O)cc1. The fraction of sp³-hybridized carbons (Fsp3) is 0.167. The van der Waals surface area contributed by atoms with Gasteiger partial charge < -0.3 is 5.11 Å². The van der Waals surface area contributed by atoms with E-state index in [9.17, 15) is 4.79 Å². The van der Waals surface area contributed by atoms with Gasteiger partial charge in [0.15, 0.2) is 0 Å². The Kier molecular flexibility index (Phi) is 2.72. The predicted octanol–water partition coefficient (Wildman–Crippen LogP) is 1.84. The van der Waals surface area contributed by atoms with Gasteiger partial charge in [-0.1, -0.05) is 6.92 Å². The van der Waals surface area contributed by atoms with Gasteiger partial charge in [-0.3, -0.25) is 9.36 Å². The molecule has 0 saturated heterocycles. The molecule has 1 aromatic heterocycles. The summed E-state index contributed by atoms with van der Waals surface area (Å²) in [6.07, 6.45) is 3.96. The molecule has 82 valence electrons. The first kappa shape index (κ1) is 10.4. The molecule has 0 atom stereocenters. The quantitative estimate of drug-likeness (QED) is 0.833. The zero-order valence-electron chi connectivity index (χ0n) is 8.92. The summed E-state index contributed by atoms with van der Waals surface area (Å²) in [6.45, 7) is 1.95. The molecule has 0 saturated carbocycles. The van der Waals surface area contributed by atoms with Crippen molar-refractivity contribution < 1.29 is 9.90 Å². The second-order valence-corrected chi connectivity index (χ2v) is 3.42. The minimum Gasteiger partial charge on any atom is -0.508 e. The molecule has 1 N–H and O–H groups in total. The minimum atomic E-state index is -0.130. The number of carbonyl (C=O) groups is 1. The summed E-state index contributed by atoms with van der Waals surface area (Å²) in [4.78, 5) is 16.1. The first-order chi connectivity index (χ1) is 7.72. The maximum absolute atomic E-state index is 12.0. The molecule has 2 rings (SSSR count). The molecular weight excluding hydrogens is 204 g/mol. The number of rotatable bonds is 2. The maximum Gasteiger partial charge on any atom is 0.263 e. The van der Waals surface area contributed by atoms with Crippen LogP contribution in [0.2, 0.25) is 0 Å². The topological polar surface area (TPSA) is 55.1 Å². The Labute approximate surface area is 93.2 Å². The van der Waals surface area contributed by atoms with E-state index < -0.39 is 0 Å². The van der Waals surface area contributed by atoms with Gasteiger partial charge in [-0.05, 0) is 24.3 Å². The number of aromatic nitrogens is 2. The molecule has 0 fully saturated rings. The molecule has 2 aromatic rings. The smallest absolute Gasteiger partial charge is 0.263 e. The fourth-order valence-electron chi connectivity index (χ4n) is 1.52. The lowest BCUT2D eigenvalue weighted by Crippen LogP contribution is -2.13. The molecule has 0 radical (unpaired) electrons. The van der Waals surface area contributed by atoms with Crippen molar-refractivity contribution in [1.29, 1.82) is 0 Å². The number of hydrogen-bond acceptors (Lipinski definition) is 3. The molecule has 16 heavy (non-hydrogen) atoms. The Morgan fingerprint density at radius 1 is 1.38 bits per heavy atom. The highest BCUT2D eigenvalue weighted by molar-refractivity contribution is 5.96. The number of phenolic OH excluding ortho intramolecular Hbond substituents is 1. The van der Waals surface area contributed by atoms with Crippen molar-refractivity contribution in [2.45, 2.75) is 13.3 Å². The van der Waals surface area contributed by atoms with E-state index >= 15 is 0 Å². The number of nitrogens with zero attached hydrogens (tertiary/aromatic N) is 2. The Bertz CT molecular complexity index is 500. The van der Waals surface area contributed by atoms with E-state index in [1.165, 1.54) is 16.7 Å². The van der Waals surface area contributed by atoms with Gasteiger partial charge in [-0.25, -0.2) is 4.98 Å². The number of aromatic hydroxyl groups is 1. The third-order valence-electron chi connectivity index (χ3n) is 2.37. The largest absolute Gasteiger partial charge is 0.508 e. The fourth-order valence-corrected chi connectivity index (χ4v) is 1.52. The number of phenols is 1. The summed E-state index contributed by atoms with van der Waals surface area (Å²) >= 11 is 0. The lowest BCUT2D eigenvalue weighted by molar-refractivity contribution is 0.0956. The molecule has 0 unspecified atom stereocenters. The van der Waals surface area contributed by atoms with Crippen molar-refractivity contribution in [1.82, 2.24) is 9.55 Å². The average molecular weight is 216 g/mol. The predicted molar refractivity (Wildman–Crippen MR) is 59.4 cm³/mol. The van der Waals surface area contributed by atoms with E-state index in [4.69, 9.17) is 5.11 Å². The first-order valence-electron chi connectivity index (χ1n) is 5.08. The van der Waals surface area contributed by atoms with Crippen LogP contribution in [0.5, 0.6) is 5.75 Å². The zero-order valence-corrected chi connectivity index (χ0v) is 8.92. The van der Waals surface area contributed by atoms with Crippen molar-refractivity contribution >= 4 is 5.91 Å². The van der Waals surface area contributed by atoms with Crippen molar-refractivity contribution in [2.75, 3.05) is 0 Å². The Morgan fingerprint density at radius 3 is 2.69 bits per heavy atom. The molecule has 0 aliphatic heterocycles. The molecule has 0 spiro atoms. The molecule has 0 amide bonds. The van der Waals surface area contributed by atoms with Crippen LogP contribution >= 0.6 is 0 Å². The van der Waals surface area contributed by atoms with Crippen LogP contribution in [-0.4, -0.2) is 20.6 Å². The van der Waals surface area contributed by atoms with E-state index in [2.05, 4.69) is 4.98 Å². The van der Waals surface area contributed by atoms with Gasteiger partial charge in [0, 0.05) is 24.4 Å². The van der Waals surface area contributed by atoms with Gasteiger partial charge in [0.05, 0.1) is 0 Å². The summed E-state index contributed by atoms with van der Waals surface area (Å²) in [5.41, 5.74) is 0.533. The van der Waals surface area contributed by atoms with Crippen molar-refractivity contribution in [3.8, 4) is 5.75 Å². The summed E-state index contributed by atoms with van der Waals surface area (Å²) in [6, 6.07) is 6.18. The van der Waals surface area contributed by atoms with Crippen molar-refractivity contribution in [2.24, 2.45) is 0 Å². The van der Waals surface area contributed by atoms with Crippen molar-refractivity contribution in [3.63, 3.8) is 0 Å². The van der Waals surface area contributed by atoms with E-state index in [0.29, 0.717) is 12.0 Å².